The minimum absolute atomic E-state index is 0.106. The summed E-state index contributed by atoms with van der Waals surface area (Å²) in [6, 6.07) is 1.26. The summed E-state index contributed by atoms with van der Waals surface area (Å²) in [7, 11) is 2.00. The maximum Gasteiger partial charge on any atom is 0.239 e. The molecular formula is C15H26N2O. The van der Waals surface area contributed by atoms with Gasteiger partial charge in [0.25, 0.3) is 0 Å². The van der Waals surface area contributed by atoms with E-state index >= 15 is 0 Å². The molecule has 0 aromatic rings. The standard InChI is InChI=1S/C15H26N2O/c1-17(12-6-4-7-12)15(18)14-10-9-11-5-2-3-8-13(11)16-14/h11-14,16H,2-10H2,1H3. The van der Waals surface area contributed by atoms with Crippen LogP contribution in [0.5, 0.6) is 0 Å². The lowest BCUT2D eigenvalue weighted by Gasteiger charge is -2.43. The summed E-state index contributed by atoms with van der Waals surface area (Å²) in [5.41, 5.74) is 0. The number of carbonyl (C=O) groups excluding carboxylic acids is 1. The van der Waals surface area contributed by atoms with Crippen LogP contribution in [0.3, 0.4) is 0 Å². The molecular weight excluding hydrogens is 224 g/mol. The van der Waals surface area contributed by atoms with Gasteiger partial charge in [-0.15, -0.1) is 0 Å². The van der Waals surface area contributed by atoms with Crippen LogP contribution in [-0.4, -0.2) is 36.0 Å². The van der Waals surface area contributed by atoms with Gasteiger partial charge in [0.05, 0.1) is 6.04 Å². The van der Waals surface area contributed by atoms with Crippen molar-refractivity contribution in [2.24, 2.45) is 5.92 Å². The molecule has 3 heteroatoms. The fourth-order valence-electron chi connectivity index (χ4n) is 3.89. The molecule has 3 atom stereocenters. The van der Waals surface area contributed by atoms with E-state index in [1.807, 2.05) is 11.9 Å². The minimum Gasteiger partial charge on any atom is -0.341 e. The van der Waals surface area contributed by atoms with Gasteiger partial charge in [0, 0.05) is 19.1 Å². The SMILES string of the molecule is CN(C(=O)C1CCC2CCCCC2N1)C1CCC1. The van der Waals surface area contributed by atoms with E-state index in [1.165, 1.54) is 51.4 Å². The van der Waals surface area contributed by atoms with Gasteiger partial charge < -0.3 is 10.2 Å². The minimum atomic E-state index is 0.106. The van der Waals surface area contributed by atoms with Crippen molar-refractivity contribution in [2.45, 2.75) is 75.9 Å². The first-order valence-corrected chi connectivity index (χ1v) is 7.78. The molecule has 1 saturated heterocycles. The Balaban J connectivity index is 1.57. The van der Waals surface area contributed by atoms with Crippen LogP contribution in [-0.2, 0) is 4.79 Å². The van der Waals surface area contributed by atoms with Crippen molar-refractivity contribution in [3.8, 4) is 0 Å². The van der Waals surface area contributed by atoms with Crippen molar-refractivity contribution in [3.63, 3.8) is 0 Å². The van der Waals surface area contributed by atoms with Gasteiger partial charge in [0.2, 0.25) is 5.91 Å². The Morgan fingerprint density at radius 2 is 1.78 bits per heavy atom. The molecule has 1 amide bonds. The van der Waals surface area contributed by atoms with Crippen molar-refractivity contribution in [1.82, 2.24) is 10.2 Å². The zero-order valence-electron chi connectivity index (χ0n) is 11.5. The fraction of sp³-hybridized carbons (Fsp3) is 0.933. The van der Waals surface area contributed by atoms with Crippen LogP contribution >= 0.6 is 0 Å². The quantitative estimate of drug-likeness (QED) is 0.815. The Hall–Kier alpha value is -0.570. The van der Waals surface area contributed by atoms with E-state index in [-0.39, 0.29) is 6.04 Å². The second kappa shape index (κ2) is 5.20. The van der Waals surface area contributed by atoms with Crippen LogP contribution in [0.25, 0.3) is 0 Å². The van der Waals surface area contributed by atoms with E-state index in [0.29, 0.717) is 18.0 Å². The molecule has 3 aliphatic rings. The van der Waals surface area contributed by atoms with Crippen LogP contribution in [0, 0.1) is 5.92 Å². The summed E-state index contributed by atoms with van der Waals surface area (Å²) in [5.74, 6) is 1.19. The Morgan fingerprint density at radius 1 is 1.00 bits per heavy atom. The molecule has 2 saturated carbocycles. The van der Waals surface area contributed by atoms with Crippen LogP contribution in [0.1, 0.15) is 57.8 Å². The Kier molecular flexibility index (Phi) is 3.60. The van der Waals surface area contributed by atoms with Gasteiger partial charge in [0.15, 0.2) is 0 Å². The van der Waals surface area contributed by atoms with Crippen molar-refractivity contribution in [3.05, 3.63) is 0 Å². The topological polar surface area (TPSA) is 32.3 Å². The number of rotatable bonds is 2. The normalized spacial score (nSPS) is 36.6. The highest BCUT2D eigenvalue weighted by Gasteiger charge is 2.37. The van der Waals surface area contributed by atoms with E-state index in [1.54, 1.807) is 0 Å². The third-order valence-electron chi connectivity index (χ3n) is 5.42. The smallest absolute Gasteiger partial charge is 0.239 e. The second-order valence-electron chi connectivity index (χ2n) is 6.48. The van der Waals surface area contributed by atoms with Gasteiger partial charge in [-0.3, -0.25) is 4.79 Å². The van der Waals surface area contributed by atoms with Gasteiger partial charge in [0.1, 0.15) is 0 Å². The number of nitrogens with one attached hydrogen (secondary N) is 1. The molecule has 1 heterocycles. The molecule has 18 heavy (non-hydrogen) atoms. The van der Waals surface area contributed by atoms with Crippen molar-refractivity contribution in [2.75, 3.05) is 7.05 Å². The Labute approximate surface area is 110 Å². The molecule has 0 radical (unpaired) electrons. The van der Waals surface area contributed by atoms with Gasteiger partial charge in [-0.25, -0.2) is 0 Å². The average Bonchev–Trinajstić information content (AvgIpc) is 2.35. The number of likely N-dealkylation sites (N-methyl/N-ethyl adjacent to an activating group) is 1. The number of hydrogen-bond donors (Lipinski definition) is 1. The van der Waals surface area contributed by atoms with Gasteiger partial charge in [-0.05, 0) is 50.9 Å². The third kappa shape index (κ3) is 2.29. The third-order valence-corrected chi connectivity index (χ3v) is 5.42. The highest BCUT2D eigenvalue weighted by Crippen LogP contribution is 2.33. The first kappa shape index (κ1) is 12.5. The van der Waals surface area contributed by atoms with Crippen molar-refractivity contribution >= 4 is 5.91 Å². The molecule has 2 aliphatic carbocycles. The molecule has 0 aromatic carbocycles. The molecule has 3 rings (SSSR count). The van der Waals surface area contributed by atoms with E-state index in [0.717, 1.165) is 12.3 Å². The number of nitrogens with zero attached hydrogens (tertiary/aromatic N) is 1. The maximum absolute atomic E-state index is 12.5. The molecule has 0 aromatic heterocycles. The summed E-state index contributed by atoms with van der Waals surface area (Å²) in [6.07, 6.45) is 11.4. The molecule has 0 spiro atoms. The maximum atomic E-state index is 12.5. The van der Waals surface area contributed by atoms with Gasteiger partial charge >= 0.3 is 0 Å². The van der Waals surface area contributed by atoms with E-state index in [2.05, 4.69) is 5.32 Å². The molecule has 1 aliphatic heterocycles. The molecule has 102 valence electrons. The highest BCUT2D eigenvalue weighted by atomic mass is 16.2. The monoisotopic (exact) mass is 250 g/mol. The van der Waals surface area contributed by atoms with Gasteiger partial charge in [-0.1, -0.05) is 12.8 Å². The first-order valence-electron chi connectivity index (χ1n) is 7.78. The number of piperidine rings is 1. The van der Waals surface area contributed by atoms with Crippen molar-refractivity contribution < 1.29 is 4.79 Å². The lowest BCUT2D eigenvalue weighted by atomic mass is 9.77. The number of amides is 1. The number of carbonyl (C=O) groups is 1. The summed E-state index contributed by atoms with van der Waals surface area (Å²) in [5, 5.41) is 3.65. The zero-order chi connectivity index (χ0) is 12.5. The van der Waals surface area contributed by atoms with Crippen LogP contribution in [0.4, 0.5) is 0 Å². The molecule has 3 unspecified atom stereocenters. The Bertz CT molecular complexity index is 314. The summed E-state index contributed by atoms with van der Waals surface area (Å²) in [6.45, 7) is 0. The van der Waals surface area contributed by atoms with E-state index in [4.69, 9.17) is 0 Å². The van der Waals surface area contributed by atoms with Crippen LogP contribution in [0.2, 0.25) is 0 Å². The number of fused-ring (bicyclic) bond motifs is 1. The highest BCUT2D eigenvalue weighted by molar-refractivity contribution is 5.82. The lowest BCUT2D eigenvalue weighted by molar-refractivity contribution is -0.137. The molecule has 0 bridgehead atoms. The molecule has 3 nitrogen and oxygen atoms in total. The van der Waals surface area contributed by atoms with E-state index in [9.17, 15) is 4.79 Å². The van der Waals surface area contributed by atoms with Crippen molar-refractivity contribution in [1.29, 1.82) is 0 Å². The molecule has 3 fully saturated rings. The Morgan fingerprint density at radius 3 is 2.50 bits per heavy atom. The number of hydrogen-bond acceptors (Lipinski definition) is 2. The zero-order valence-corrected chi connectivity index (χ0v) is 11.5. The lowest BCUT2D eigenvalue weighted by Crippen LogP contribution is -2.57. The fourth-order valence-corrected chi connectivity index (χ4v) is 3.89. The average molecular weight is 250 g/mol. The summed E-state index contributed by atoms with van der Waals surface area (Å²) >= 11 is 0. The summed E-state index contributed by atoms with van der Waals surface area (Å²) < 4.78 is 0. The van der Waals surface area contributed by atoms with E-state index < -0.39 is 0 Å². The van der Waals surface area contributed by atoms with Crippen LogP contribution in [0.15, 0.2) is 0 Å². The first-order chi connectivity index (χ1) is 8.75. The summed E-state index contributed by atoms with van der Waals surface area (Å²) in [4.78, 5) is 14.5. The predicted octanol–water partition coefficient (Wildman–Crippen LogP) is 2.31. The largest absolute Gasteiger partial charge is 0.341 e. The molecule has 1 N–H and O–H groups in total. The second-order valence-corrected chi connectivity index (χ2v) is 6.48. The van der Waals surface area contributed by atoms with Crippen LogP contribution < -0.4 is 5.32 Å². The van der Waals surface area contributed by atoms with Gasteiger partial charge in [-0.2, -0.15) is 0 Å². The predicted molar refractivity (Wildman–Crippen MR) is 72.3 cm³/mol.